The van der Waals surface area contributed by atoms with Gasteiger partial charge in [-0.25, -0.2) is 0 Å². The van der Waals surface area contributed by atoms with Crippen molar-refractivity contribution in [2.24, 2.45) is 0 Å². The molecule has 0 saturated carbocycles. The summed E-state index contributed by atoms with van der Waals surface area (Å²) in [6.45, 7) is 3.99. The van der Waals surface area contributed by atoms with Crippen LogP contribution in [-0.2, 0) is 20.2 Å². The molecule has 0 bridgehead atoms. The number of allylic oxidation sites excluding steroid dienone is 2. The number of benzene rings is 1. The Morgan fingerprint density at radius 1 is 1.08 bits per heavy atom. The molecule has 0 spiro atoms. The van der Waals surface area contributed by atoms with Crippen LogP contribution < -0.4 is 0 Å². The predicted octanol–water partition coefficient (Wildman–Crippen LogP) is 2.56. The maximum atomic E-state index is 12.3. The van der Waals surface area contributed by atoms with Gasteiger partial charge in [0.25, 0.3) is 20.2 Å². The summed E-state index contributed by atoms with van der Waals surface area (Å²) in [5.74, 6) is -1.05. The predicted molar refractivity (Wildman–Crippen MR) is 94.9 cm³/mol. The summed E-state index contributed by atoms with van der Waals surface area (Å²) in [5.41, 5.74) is 0.229. The third-order valence-electron chi connectivity index (χ3n) is 4.81. The Kier molecular flexibility index (Phi) is 4.81. The average molecular weight is 385 g/mol. The van der Waals surface area contributed by atoms with E-state index in [0.29, 0.717) is 11.8 Å². The lowest BCUT2D eigenvalue weighted by Crippen LogP contribution is -2.46. The number of hydrogen-bond donors (Lipinski definition) is 3. The zero-order chi connectivity index (χ0) is 19.2. The molecule has 0 aromatic heterocycles. The monoisotopic (exact) mass is 385 g/mol. The molecule has 7 nitrogen and oxygen atoms in total. The molecule has 0 aliphatic heterocycles. The van der Waals surface area contributed by atoms with E-state index in [1.54, 1.807) is 30.3 Å². The van der Waals surface area contributed by atoms with Gasteiger partial charge >= 0.3 is 0 Å². The van der Waals surface area contributed by atoms with E-state index in [1.165, 1.54) is 20.8 Å². The van der Waals surface area contributed by atoms with Crippen LogP contribution in [-0.4, -0.2) is 36.9 Å². The molecule has 2 unspecified atom stereocenters. The molecule has 0 amide bonds. The molecule has 1 aromatic rings. The van der Waals surface area contributed by atoms with E-state index in [2.05, 4.69) is 0 Å². The summed E-state index contributed by atoms with van der Waals surface area (Å²) >= 11 is 0. The molecule has 2 rings (SSSR count). The Bertz CT molecular complexity index is 990. The molecular weight excluding hydrogens is 366 g/mol. The molecule has 9 heteroatoms. The van der Waals surface area contributed by atoms with Crippen LogP contribution in [0.2, 0.25) is 0 Å². The van der Waals surface area contributed by atoms with Crippen LogP contribution in [0.3, 0.4) is 0 Å². The van der Waals surface area contributed by atoms with Gasteiger partial charge in [0.1, 0.15) is 9.65 Å². The molecule has 0 radical (unpaired) electrons. The van der Waals surface area contributed by atoms with E-state index in [9.17, 15) is 25.9 Å². The van der Waals surface area contributed by atoms with Gasteiger partial charge in [0.15, 0.2) is 0 Å². The van der Waals surface area contributed by atoms with E-state index in [0.717, 1.165) is 0 Å². The maximum absolute atomic E-state index is 12.3. The fourth-order valence-corrected chi connectivity index (χ4v) is 5.61. The smallest absolute Gasteiger partial charge is 0.295 e. The van der Waals surface area contributed by atoms with Crippen molar-refractivity contribution in [3.63, 3.8) is 0 Å². The van der Waals surface area contributed by atoms with Gasteiger partial charge in [0.05, 0.1) is 0 Å². The minimum atomic E-state index is -4.71. The van der Waals surface area contributed by atoms with E-state index in [-0.39, 0.29) is 16.7 Å². The van der Waals surface area contributed by atoms with Crippen molar-refractivity contribution in [2.75, 3.05) is 0 Å². The summed E-state index contributed by atoms with van der Waals surface area (Å²) in [7, 11) is -9.40. The summed E-state index contributed by atoms with van der Waals surface area (Å²) in [4.78, 5) is -0.505. The van der Waals surface area contributed by atoms with Gasteiger partial charge in [-0.1, -0.05) is 30.3 Å². The molecule has 1 aliphatic carbocycles. The molecule has 0 heterocycles. The van der Waals surface area contributed by atoms with Crippen LogP contribution in [0.1, 0.15) is 32.3 Å². The number of hydrogen-bond acceptors (Lipinski definition) is 5. The number of rotatable bonds is 4. The second-order valence-electron chi connectivity index (χ2n) is 6.10. The fraction of sp³-hybridized carbons (Fsp3) is 0.312. The lowest BCUT2D eigenvalue weighted by atomic mass is 9.72. The van der Waals surface area contributed by atoms with Crippen molar-refractivity contribution in [2.45, 2.75) is 31.4 Å². The number of nitrogens with one attached hydrogen (secondary N) is 1. The highest BCUT2D eigenvalue weighted by Crippen LogP contribution is 2.51. The minimum absolute atomic E-state index is 0.0305. The minimum Gasteiger partial charge on any atom is -0.308 e. The van der Waals surface area contributed by atoms with Crippen LogP contribution in [0.5, 0.6) is 0 Å². The summed E-state index contributed by atoms with van der Waals surface area (Å²) in [6.07, 6.45) is 0.673. The summed E-state index contributed by atoms with van der Waals surface area (Å²) < 4.78 is 66.0. The van der Waals surface area contributed by atoms with Crippen LogP contribution in [0.15, 0.2) is 52.0 Å². The molecule has 0 fully saturated rings. The Labute approximate surface area is 147 Å². The second kappa shape index (κ2) is 6.17. The molecule has 136 valence electrons. The lowest BCUT2D eigenvalue weighted by Gasteiger charge is -2.41. The van der Waals surface area contributed by atoms with Crippen molar-refractivity contribution in [3.8, 4) is 0 Å². The lowest BCUT2D eigenvalue weighted by molar-refractivity contribution is 0.428. The maximum Gasteiger partial charge on any atom is 0.295 e. The second-order valence-corrected chi connectivity index (χ2v) is 9.25. The first-order valence-electron chi connectivity index (χ1n) is 7.29. The van der Waals surface area contributed by atoms with Crippen LogP contribution in [0.4, 0.5) is 0 Å². The van der Waals surface area contributed by atoms with E-state index < -0.39 is 35.8 Å². The SMILES string of the molecule is CC1=C(S(=O)(=O)O)C(C=N)=C(C)C(C)(S(=O)(=O)O)C1c1ccccc1. The van der Waals surface area contributed by atoms with E-state index >= 15 is 0 Å². The van der Waals surface area contributed by atoms with E-state index in [1.807, 2.05) is 0 Å². The topological polar surface area (TPSA) is 133 Å². The third-order valence-corrected chi connectivity index (χ3v) is 7.48. The molecule has 0 saturated heterocycles. The first-order valence-corrected chi connectivity index (χ1v) is 10.2. The third kappa shape index (κ3) is 2.97. The molecule has 2 atom stereocenters. The molecule has 1 aromatic carbocycles. The van der Waals surface area contributed by atoms with Crippen molar-refractivity contribution in [1.82, 2.24) is 0 Å². The fourth-order valence-electron chi connectivity index (χ4n) is 3.48. The molecular formula is C16H19NO6S2. The standard InChI is InChI=1S/C16H19NO6S2/c1-10-14(12-7-5-4-6-8-12)16(3,25(21,22)23)11(2)13(9-17)15(10)24(18,19)20/h4-9,14,17H,1-3H3,(H,18,19,20)(H,21,22,23). The highest BCUT2D eigenvalue weighted by atomic mass is 32.2. The van der Waals surface area contributed by atoms with Gasteiger partial charge in [0, 0.05) is 17.7 Å². The Balaban J connectivity index is 3.03. The van der Waals surface area contributed by atoms with Gasteiger partial charge < -0.3 is 5.41 Å². The van der Waals surface area contributed by atoms with Crippen LogP contribution in [0.25, 0.3) is 0 Å². The largest absolute Gasteiger partial charge is 0.308 e. The molecule has 1 aliphatic rings. The van der Waals surface area contributed by atoms with Gasteiger partial charge in [-0.15, -0.1) is 0 Å². The van der Waals surface area contributed by atoms with Gasteiger partial charge in [-0.2, -0.15) is 16.8 Å². The van der Waals surface area contributed by atoms with Crippen molar-refractivity contribution < 1.29 is 25.9 Å². The van der Waals surface area contributed by atoms with Gasteiger partial charge in [-0.3, -0.25) is 9.11 Å². The summed E-state index contributed by atoms with van der Waals surface area (Å²) in [6, 6.07) is 8.26. The first-order chi connectivity index (χ1) is 11.4. The van der Waals surface area contributed by atoms with Crippen LogP contribution >= 0.6 is 0 Å². The Morgan fingerprint density at radius 3 is 2.00 bits per heavy atom. The van der Waals surface area contributed by atoms with E-state index in [4.69, 9.17) is 5.41 Å². The zero-order valence-corrected chi connectivity index (χ0v) is 15.5. The normalized spacial score (nSPS) is 25.2. The van der Waals surface area contributed by atoms with Gasteiger partial charge in [-0.05, 0) is 37.5 Å². The van der Waals surface area contributed by atoms with Crippen molar-refractivity contribution >= 4 is 26.5 Å². The van der Waals surface area contributed by atoms with Crippen LogP contribution in [0, 0.1) is 5.41 Å². The Hall–Kier alpha value is -1.81. The first kappa shape index (κ1) is 19.5. The summed E-state index contributed by atoms with van der Waals surface area (Å²) in [5, 5.41) is 7.51. The zero-order valence-electron chi connectivity index (χ0n) is 13.9. The molecule has 25 heavy (non-hydrogen) atoms. The quantitative estimate of drug-likeness (QED) is 0.539. The Morgan fingerprint density at radius 2 is 1.60 bits per heavy atom. The van der Waals surface area contributed by atoms with Gasteiger partial charge in [0.2, 0.25) is 0 Å². The highest BCUT2D eigenvalue weighted by Gasteiger charge is 2.53. The average Bonchev–Trinajstić information content (AvgIpc) is 2.49. The van der Waals surface area contributed by atoms with Crippen molar-refractivity contribution in [1.29, 1.82) is 5.41 Å². The van der Waals surface area contributed by atoms with Crippen molar-refractivity contribution in [3.05, 3.63) is 57.5 Å². The highest BCUT2D eigenvalue weighted by molar-refractivity contribution is 7.90. The molecule has 3 N–H and O–H groups in total.